The standard InChI is InChI=1S/C21H27NO5/c1-20(2)26-17(12-19(23)27-20)13-21(24,16-6-4-5-7-16)11-10-15-8-9-18(25-3)22-14-15/h8-9,12,14,16,18,22,24H,4-7,13H2,1-3H3. The summed E-state index contributed by atoms with van der Waals surface area (Å²) >= 11 is 0. The molecule has 0 bridgehead atoms. The van der Waals surface area contributed by atoms with Crippen molar-refractivity contribution in [3.63, 3.8) is 0 Å². The predicted molar refractivity (Wildman–Crippen MR) is 99.8 cm³/mol. The molecule has 0 radical (unpaired) electrons. The molecule has 1 saturated carbocycles. The summed E-state index contributed by atoms with van der Waals surface area (Å²) in [7, 11) is 1.62. The zero-order valence-electron chi connectivity index (χ0n) is 16.1. The van der Waals surface area contributed by atoms with Gasteiger partial charge in [0.2, 0.25) is 5.79 Å². The quantitative estimate of drug-likeness (QED) is 0.582. The molecule has 27 heavy (non-hydrogen) atoms. The van der Waals surface area contributed by atoms with Gasteiger partial charge in [-0.1, -0.05) is 24.7 Å². The number of carbonyl (C=O) groups is 1. The van der Waals surface area contributed by atoms with E-state index in [0.29, 0.717) is 5.76 Å². The summed E-state index contributed by atoms with van der Waals surface area (Å²) in [5.41, 5.74) is -0.499. The van der Waals surface area contributed by atoms with Gasteiger partial charge in [-0.2, -0.15) is 0 Å². The van der Waals surface area contributed by atoms with E-state index in [-0.39, 0.29) is 18.6 Å². The van der Waals surface area contributed by atoms with Crippen molar-refractivity contribution in [2.75, 3.05) is 7.11 Å². The first-order chi connectivity index (χ1) is 12.8. The molecule has 0 saturated heterocycles. The molecule has 0 aromatic carbocycles. The second kappa shape index (κ2) is 7.79. The SMILES string of the molecule is COC1C=CC(C#CC(O)(CC2=CC(=O)OC(C)(C)O2)C2CCCC2)=CN1. The third-order valence-electron chi connectivity index (χ3n) is 5.01. The summed E-state index contributed by atoms with van der Waals surface area (Å²) in [6, 6.07) is 0. The maximum Gasteiger partial charge on any atom is 0.337 e. The van der Waals surface area contributed by atoms with E-state index in [1.54, 1.807) is 27.2 Å². The van der Waals surface area contributed by atoms with Gasteiger partial charge in [0.05, 0.1) is 6.08 Å². The Morgan fingerprint density at radius 1 is 1.37 bits per heavy atom. The molecule has 3 rings (SSSR count). The number of nitrogens with one attached hydrogen (secondary N) is 1. The fourth-order valence-electron chi connectivity index (χ4n) is 3.69. The van der Waals surface area contributed by atoms with E-state index in [0.717, 1.165) is 31.3 Å². The number of hydrogen-bond acceptors (Lipinski definition) is 6. The van der Waals surface area contributed by atoms with Crippen molar-refractivity contribution in [1.82, 2.24) is 5.32 Å². The third kappa shape index (κ3) is 4.94. The van der Waals surface area contributed by atoms with Crippen LogP contribution in [-0.2, 0) is 19.0 Å². The average molecular weight is 373 g/mol. The van der Waals surface area contributed by atoms with Gasteiger partial charge in [0.25, 0.3) is 0 Å². The van der Waals surface area contributed by atoms with E-state index >= 15 is 0 Å². The lowest BCUT2D eigenvalue weighted by Gasteiger charge is -2.35. The largest absolute Gasteiger partial charge is 0.457 e. The maximum absolute atomic E-state index is 11.8. The summed E-state index contributed by atoms with van der Waals surface area (Å²) in [5.74, 6) is 5.07. The van der Waals surface area contributed by atoms with Crippen molar-refractivity contribution in [1.29, 1.82) is 0 Å². The van der Waals surface area contributed by atoms with Crippen LogP contribution < -0.4 is 5.32 Å². The van der Waals surface area contributed by atoms with Gasteiger partial charge in [0.1, 0.15) is 17.6 Å². The number of rotatable bonds is 4. The molecule has 0 spiro atoms. The number of esters is 1. The highest BCUT2D eigenvalue weighted by Gasteiger charge is 2.41. The van der Waals surface area contributed by atoms with Crippen molar-refractivity contribution in [3.05, 3.63) is 35.8 Å². The minimum Gasteiger partial charge on any atom is -0.457 e. The lowest BCUT2D eigenvalue weighted by Crippen LogP contribution is -2.40. The zero-order chi connectivity index (χ0) is 19.5. The summed E-state index contributed by atoms with van der Waals surface area (Å²) in [5, 5.41) is 14.5. The molecule has 0 amide bonds. The Bertz CT molecular complexity index is 733. The number of aliphatic hydroxyl groups is 1. The molecular formula is C21H27NO5. The van der Waals surface area contributed by atoms with Crippen LogP contribution in [0.1, 0.15) is 46.0 Å². The molecule has 2 atom stereocenters. The molecule has 2 unspecified atom stereocenters. The van der Waals surface area contributed by atoms with Gasteiger partial charge in [-0.3, -0.25) is 0 Å². The van der Waals surface area contributed by atoms with Gasteiger partial charge >= 0.3 is 5.97 Å². The van der Waals surface area contributed by atoms with Crippen molar-refractivity contribution >= 4 is 5.97 Å². The number of allylic oxidation sites excluding steroid dienone is 2. The first kappa shape index (κ1) is 19.5. The van der Waals surface area contributed by atoms with Crippen LogP contribution in [0.4, 0.5) is 0 Å². The molecule has 1 fully saturated rings. The number of methoxy groups -OCH3 is 1. The first-order valence-electron chi connectivity index (χ1n) is 9.35. The van der Waals surface area contributed by atoms with Crippen LogP contribution in [0.2, 0.25) is 0 Å². The molecule has 2 aliphatic heterocycles. The Kier molecular flexibility index (Phi) is 5.64. The van der Waals surface area contributed by atoms with E-state index in [1.165, 1.54) is 6.08 Å². The highest BCUT2D eigenvalue weighted by Crippen LogP contribution is 2.39. The van der Waals surface area contributed by atoms with E-state index < -0.39 is 17.4 Å². The van der Waals surface area contributed by atoms with E-state index in [4.69, 9.17) is 14.2 Å². The zero-order valence-corrected chi connectivity index (χ0v) is 16.1. The molecule has 0 aromatic heterocycles. The van der Waals surface area contributed by atoms with Gasteiger partial charge in [-0.15, -0.1) is 0 Å². The molecule has 0 aromatic rings. The summed E-state index contributed by atoms with van der Waals surface area (Å²) in [4.78, 5) is 11.8. The molecule has 2 N–H and O–H groups in total. The number of carbonyl (C=O) groups excluding carboxylic acids is 1. The van der Waals surface area contributed by atoms with Crippen molar-refractivity contribution in [2.45, 2.75) is 63.6 Å². The fourth-order valence-corrected chi connectivity index (χ4v) is 3.69. The van der Waals surface area contributed by atoms with Gasteiger partial charge in [-0.25, -0.2) is 4.79 Å². The van der Waals surface area contributed by atoms with Crippen LogP contribution in [0.25, 0.3) is 0 Å². The van der Waals surface area contributed by atoms with Crippen LogP contribution in [0.5, 0.6) is 0 Å². The van der Waals surface area contributed by atoms with Gasteiger partial charge in [0, 0.05) is 39.2 Å². The Labute approximate surface area is 160 Å². The van der Waals surface area contributed by atoms with Crippen molar-refractivity contribution in [2.24, 2.45) is 5.92 Å². The average Bonchev–Trinajstić information content (AvgIpc) is 3.14. The maximum atomic E-state index is 11.8. The van der Waals surface area contributed by atoms with Crippen LogP contribution in [0.3, 0.4) is 0 Å². The van der Waals surface area contributed by atoms with Gasteiger partial charge in [0.15, 0.2) is 0 Å². The molecule has 2 heterocycles. The van der Waals surface area contributed by atoms with Gasteiger partial charge in [-0.05, 0) is 30.9 Å². The lowest BCUT2D eigenvalue weighted by atomic mass is 9.82. The topological polar surface area (TPSA) is 77.0 Å². The highest BCUT2D eigenvalue weighted by molar-refractivity contribution is 5.83. The van der Waals surface area contributed by atoms with Crippen LogP contribution in [-0.4, -0.2) is 35.8 Å². The number of dihydropyridines is 1. The van der Waals surface area contributed by atoms with E-state index in [2.05, 4.69) is 17.2 Å². The minimum absolute atomic E-state index is 0.0448. The Balaban J connectivity index is 1.81. The second-order valence-electron chi connectivity index (χ2n) is 7.65. The third-order valence-corrected chi connectivity index (χ3v) is 5.01. The molecule has 6 heteroatoms. The van der Waals surface area contributed by atoms with Gasteiger partial charge < -0.3 is 24.6 Å². The predicted octanol–water partition coefficient (Wildman–Crippen LogP) is 2.51. The van der Waals surface area contributed by atoms with Crippen LogP contribution in [0.15, 0.2) is 35.8 Å². The number of cyclic esters (lactones) is 1. The van der Waals surface area contributed by atoms with Crippen LogP contribution >= 0.6 is 0 Å². The Morgan fingerprint density at radius 3 is 2.70 bits per heavy atom. The number of ether oxygens (including phenoxy) is 3. The molecule has 3 aliphatic rings. The lowest BCUT2D eigenvalue weighted by molar-refractivity contribution is -0.207. The normalized spacial score (nSPS) is 26.5. The van der Waals surface area contributed by atoms with E-state index in [1.807, 2.05) is 12.2 Å². The first-order valence-corrected chi connectivity index (χ1v) is 9.35. The monoisotopic (exact) mass is 373 g/mol. The molecule has 6 nitrogen and oxygen atoms in total. The summed E-state index contributed by atoms with van der Waals surface area (Å²) in [6.45, 7) is 3.35. The Hall–Kier alpha value is -2.23. The fraction of sp³-hybridized carbons (Fsp3) is 0.571. The van der Waals surface area contributed by atoms with E-state index in [9.17, 15) is 9.90 Å². The molecular weight excluding hydrogens is 346 g/mol. The smallest absolute Gasteiger partial charge is 0.337 e. The minimum atomic E-state index is -1.26. The Morgan fingerprint density at radius 2 is 2.11 bits per heavy atom. The summed E-state index contributed by atoms with van der Waals surface area (Å²) < 4.78 is 16.1. The number of hydrogen-bond donors (Lipinski definition) is 2. The highest BCUT2D eigenvalue weighted by atomic mass is 16.7. The van der Waals surface area contributed by atoms with Crippen LogP contribution in [0, 0.1) is 17.8 Å². The summed E-state index contributed by atoms with van der Waals surface area (Å²) in [6.07, 6.45) is 10.8. The van der Waals surface area contributed by atoms with Crippen molar-refractivity contribution < 1.29 is 24.1 Å². The van der Waals surface area contributed by atoms with Crippen molar-refractivity contribution in [3.8, 4) is 11.8 Å². The molecule has 1 aliphatic carbocycles. The molecule has 146 valence electrons. The second-order valence-corrected chi connectivity index (χ2v) is 7.65.